The minimum atomic E-state index is -0.382. The number of carbonyl (C=O) groups is 1. The van der Waals surface area contributed by atoms with E-state index in [1.54, 1.807) is 36.0 Å². The molecule has 5 nitrogen and oxygen atoms in total. The molecule has 0 aliphatic carbocycles. The van der Waals surface area contributed by atoms with Crippen LogP contribution in [0.15, 0.2) is 24.5 Å². The third-order valence-electron chi connectivity index (χ3n) is 2.96. The number of imidazole rings is 1. The normalized spacial score (nSPS) is 10.7. The Hall–Kier alpha value is -1.72. The lowest BCUT2D eigenvalue weighted by atomic mass is 10.2. The summed E-state index contributed by atoms with van der Waals surface area (Å²) in [6, 6.07) is 3.40. The fourth-order valence-electron chi connectivity index (χ4n) is 2.08. The molecule has 0 fully saturated rings. The predicted molar refractivity (Wildman–Crippen MR) is 81.0 cm³/mol. The van der Waals surface area contributed by atoms with E-state index in [1.165, 1.54) is 4.57 Å². The van der Waals surface area contributed by atoms with Crippen LogP contribution in [0.1, 0.15) is 12.5 Å². The summed E-state index contributed by atoms with van der Waals surface area (Å²) < 4.78 is 7.98. The number of hydrogen-bond acceptors (Lipinski definition) is 3. The van der Waals surface area contributed by atoms with Crippen molar-refractivity contribution in [3.05, 3.63) is 45.8 Å². The molecule has 2 rings (SSSR count). The molecule has 0 atom stereocenters. The molecule has 1 N–H and O–H groups in total. The lowest BCUT2D eigenvalue weighted by Crippen LogP contribution is -2.27. The summed E-state index contributed by atoms with van der Waals surface area (Å²) in [5, 5.41) is 9.16. The molecule has 1 heterocycles. The largest absolute Gasteiger partial charge is 0.465 e. The van der Waals surface area contributed by atoms with Crippen molar-refractivity contribution in [3.8, 4) is 5.69 Å². The summed E-state index contributed by atoms with van der Waals surface area (Å²) in [5.41, 5.74) is 1.66. The molecule has 2 aromatic rings. The average Bonchev–Trinajstić information content (AvgIpc) is 2.71. The molecule has 1 aromatic heterocycles. The van der Waals surface area contributed by atoms with Crippen LogP contribution in [0.5, 0.6) is 0 Å². The van der Waals surface area contributed by atoms with Gasteiger partial charge in [-0.05, 0) is 31.5 Å². The Balaban J connectivity index is 2.42. The maximum absolute atomic E-state index is 11.5. The number of aromatic nitrogens is 2. The van der Waals surface area contributed by atoms with Crippen LogP contribution in [0.3, 0.4) is 0 Å². The molecule has 21 heavy (non-hydrogen) atoms. The van der Waals surface area contributed by atoms with Gasteiger partial charge in [0.2, 0.25) is 5.62 Å². The molecule has 0 amide bonds. The van der Waals surface area contributed by atoms with Crippen LogP contribution < -0.4 is 5.62 Å². The SMILES string of the molecule is CCOC(=O)Cn1ccn(-c2c(C)cc(Cl)cc2Cl)c1=N. The van der Waals surface area contributed by atoms with E-state index >= 15 is 0 Å². The van der Waals surface area contributed by atoms with Crippen LogP contribution in [-0.4, -0.2) is 21.7 Å². The predicted octanol–water partition coefficient (Wildman–Crippen LogP) is 2.94. The van der Waals surface area contributed by atoms with Crippen molar-refractivity contribution < 1.29 is 9.53 Å². The monoisotopic (exact) mass is 327 g/mol. The van der Waals surface area contributed by atoms with Gasteiger partial charge >= 0.3 is 5.97 Å². The third kappa shape index (κ3) is 3.31. The average molecular weight is 328 g/mol. The van der Waals surface area contributed by atoms with Gasteiger partial charge in [0, 0.05) is 17.4 Å². The fourth-order valence-corrected chi connectivity index (χ4v) is 2.77. The molecule has 0 unspecified atom stereocenters. The van der Waals surface area contributed by atoms with Gasteiger partial charge in [0.1, 0.15) is 6.54 Å². The Labute approximate surface area is 132 Å². The number of aryl methyl sites for hydroxylation is 1. The number of rotatable bonds is 4. The van der Waals surface area contributed by atoms with Crippen molar-refractivity contribution in [2.75, 3.05) is 6.61 Å². The Bertz CT molecular complexity index is 711. The lowest BCUT2D eigenvalue weighted by molar-refractivity contribution is -0.143. The van der Waals surface area contributed by atoms with Crippen molar-refractivity contribution >= 4 is 29.2 Å². The number of benzene rings is 1. The summed E-state index contributed by atoms with van der Waals surface area (Å²) in [7, 11) is 0. The van der Waals surface area contributed by atoms with Gasteiger partial charge in [0.15, 0.2) is 0 Å². The zero-order valence-corrected chi connectivity index (χ0v) is 13.2. The fraction of sp³-hybridized carbons (Fsp3) is 0.286. The second kappa shape index (κ2) is 6.37. The molecule has 7 heteroatoms. The Morgan fingerprint density at radius 2 is 2.05 bits per heavy atom. The van der Waals surface area contributed by atoms with E-state index in [2.05, 4.69) is 0 Å². The first kappa shape index (κ1) is 15.7. The van der Waals surface area contributed by atoms with Gasteiger partial charge in [-0.15, -0.1) is 0 Å². The summed E-state index contributed by atoms with van der Waals surface area (Å²) in [6.07, 6.45) is 3.33. The second-order valence-electron chi connectivity index (χ2n) is 4.48. The minimum absolute atomic E-state index is 0.00999. The van der Waals surface area contributed by atoms with Gasteiger partial charge < -0.3 is 9.30 Å². The summed E-state index contributed by atoms with van der Waals surface area (Å²) in [4.78, 5) is 11.5. The molecule has 0 saturated heterocycles. The maximum Gasteiger partial charge on any atom is 0.326 e. The van der Waals surface area contributed by atoms with E-state index < -0.39 is 0 Å². The van der Waals surface area contributed by atoms with Crippen LogP contribution in [0.25, 0.3) is 5.69 Å². The molecule has 0 radical (unpaired) electrons. The molecule has 0 bridgehead atoms. The first-order valence-corrected chi connectivity index (χ1v) is 7.13. The van der Waals surface area contributed by atoms with E-state index in [1.807, 2.05) is 6.92 Å². The molecule has 1 aromatic carbocycles. The molecule has 0 saturated carbocycles. The first-order chi connectivity index (χ1) is 9.93. The highest BCUT2D eigenvalue weighted by molar-refractivity contribution is 6.36. The number of ether oxygens (including phenoxy) is 1. The summed E-state index contributed by atoms with van der Waals surface area (Å²) >= 11 is 12.2. The third-order valence-corrected chi connectivity index (χ3v) is 3.47. The highest BCUT2D eigenvalue weighted by Gasteiger charge is 2.12. The van der Waals surface area contributed by atoms with E-state index in [-0.39, 0.29) is 18.1 Å². The van der Waals surface area contributed by atoms with Crippen molar-refractivity contribution in [2.45, 2.75) is 20.4 Å². The molecule has 0 aliphatic heterocycles. The van der Waals surface area contributed by atoms with Gasteiger partial charge in [0.25, 0.3) is 0 Å². The zero-order chi connectivity index (χ0) is 15.6. The smallest absolute Gasteiger partial charge is 0.326 e. The van der Waals surface area contributed by atoms with Crippen LogP contribution in [0.2, 0.25) is 10.0 Å². The number of carbonyl (C=O) groups excluding carboxylic acids is 1. The Kier molecular flexibility index (Phi) is 4.75. The lowest BCUT2D eigenvalue weighted by Gasteiger charge is -2.10. The number of esters is 1. The second-order valence-corrected chi connectivity index (χ2v) is 5.32. The number of nitrogens with zero attached hydrogens (tertiary/aromatic N) is 2. The van der Waals surface area contributed by atoms with E-state index in [9.17, 15) is 4.79 Å². The number of nitrogens with one attached hydrogen (secondary N) is 1. The van der Waals surface area contributed by atoms with Gasteiger partial charge in [-0.1, -0.05) is 23.2 Å². The van der Waals surface area contributed by atoms with Crippen molar-refractivity contribution in [1.82, 2.24) is 9.13 Å². The maximum atomic E-state index is 11.5. The van der Waals surface area contributed by atoms with Crippen LogP contribution in [0.4, 0.5) is 0 Å². The first-order valence-electron chi connectivity index (χ1n) is 6.38. The number of hydrogen-bond donors (Lipinski definition) is 1. The standard InChI is InChI=1S/C14H15Cl2N3O2/c1-3-21-12(20)8-18-4-5-19(14(18)17)13-9(2)6-10(15)7-11(13)16/h4-7,17H,3,8H2,1-2H3. The number of halogens is 2. The molecule has 0 aliphatic rings. The summed E-state index contributed by atoms with van der Waals surface area (Å²) in [5.74, 6) is -0.382. The highest BCUT2D eigenvalue weighted by atomic mass is 35.5. The molecule has 0 spiro atoms. The van der Waals surface area contributed by atoms with Crippen molar-refractivity contribution in [3.63, 3.8) is 0 Å². The highest BCUT2D eigenvalue weighted by Crippen LogP contribution is 2.27. The van der Waals surface area contributed by atoms with Gasteiger partial charge in [-0.25, -0.2) is 0 Å². The quantitative estimate of drug-likeness (QED) is 0.877. The molecular formula is C14H15Cl2N3O2. The topological polar surface area (TPSA) is 60.0 Å². The summed E-state index contributed by atoms with van der Waals surface area (Å²) in [6.45, 7) is 3.91. The molecular weight excluding hydrogens is 313 g/mol. The van der Waals surface area contributed by atoms with Gasteiger partial charge in [-0.2, -0.15) is 0 Å². The van der Waals surface area contributed by atoms with E-state index in [0.717, 1.165) is 5.56 Å². The van der Waals surface area contributed by atoms with Crippen LogP contribution in [-0.2, 0) is 16.1 Å². The van der Waals surface area contributed by atoms with Gasteiger partial charge in [-0.3, -0.25) is 14.8 Å². The van der Waals surface area contributed by atoms with Crippen molar-refractivity contribution in [1.29, 1.82) is 5.41 Å². The Morgan fingerprint density at radius 1 is 1.33 bits per heavy atom. The van der Waals surface area contributed by atoms with Crippen LogP contribution >= 0.6 is 23.2 Å². The van der Waals surface area contributed by atoms with Crippen molar-refractivity contribution in [2.24, 2.45) is 0 Å². The van der Waals surface area contributed by atoms with E-state index in [0.29, 0.717) is 22.3 Å². The van der Waals surface area contributed by atoms with Crippen LogP contribution in [0, 0.1) is 12.3 Å². The Morgan fingerprint density at radius 3 is 2.67 bits per heavy atom. The minimum Gasteiger partial charge on any atom is -0.465 e. The van der Waals surface area contributed by atoms with E-state index in [4.69, 9.17) is 33.3 Å². The van der Waals surface area contributed by atoms with Gasteiger partial charge in [0.05, 0.1) is 17.3 Å². The molecule has 112 valence electrons. The zero-order valence-electron chi connectivity index (χ0n) is 11.7.